The Morgan fingerprint density at radius 2 is 1.92 bits per heavy atom. The minimum Gasteiger partial charge on any atom is -0.469 e. The molecule has 0 aromatic heterocycles. The number of rotatable bonds is 7. The van der Waals surface area contributed by atoms with Crippen molar-refractivity contribution in [1.29, 1.82) is 0 Å². The van der Waals surface area contributed by atoms with Crippen molar-refractivity contribution in [3.05, 3.63) is 69.7 Å². The predicted molar refractivity (Wildman–Crippen MR) is 101 cm³/mol. The molecule has 0 aliphatic carbocycles. The summed E-state index contributed by atoms with van der Waals surface area (Å²) < 4.78 is 5.65. The maximum atomic E-state index is 12.4. The molecule has 0 aliphatic heterocycles. The van der Waals surface area contributed by atoms with Crippen LogP contribution in [0, 0.1) is 6.92 Å². The largest absolute Gasteiger partial charge is 0.469 e. The highest BCUT2D eigenvalue weighted by atomic mass is 79.9. The molecular weight excluding hydrogens is 382 g/mol. The predicted octanol–water partition coefficient (Wildman–Crippen LogP) is 4.11. The number of methoxy groups -OCH3 is 1. The zero-order valence-electron chi connectivity index (χ0n) is 14.4. The van der Waals surface area contributed by atoms with E-state index in [2.05, 4.69) is 27.3 Å². The summed E-state index contributed by atoms with van der Waals surface area (Å²) in [6.07, 6.45) is 1.13. The number of hydrogen-bond donors (Lipinski definition) is 1. The van der Waals surface area contributed by atoms with E-state index in [4.69, 9.17) is 4.74 Å². The van der Waals surface area contributed by atoms with Crippen LogP contribution in [0.3, 0.4) is 0 Å². The summed E-state index contributed by atoms with van der Waals surface area (Å²) in [6, 6.07) is 15.3. The zero-order valence-corrected chi connectivity index (χ0v) is 16.0. The topological polar surface area (TPSA) is 55.4 Å². The lowest BCUT2D eigenvalue weighted by atomic mass is 10.0. The van der Waals surface area contributed by atoms with E-state index in [9.17, 15) is 9.59 Å². The first-order valence-electron chi connectivity index (χ1n) is 8.15. The van der Waals surface area contributed by atoms with Gasteiger partial charge in [-0.1, -0.05) is 57.9 Å². The van der Waals surface area contributed by atoms with Gasteiger partial charge in [0, 0.05) is 10.9 Å². The van der Waals surface area contributed by atoms with Gasteiger partial charge in [0.05, 0.1) is 19.6 Å². The van der Waals surface area contributed by atoms with Crippen molar-refractivity contribution in [2.45, 2.75) is 32.2 Å². The molecule has 0 aliphatic rings. The fourth-order valence-electron chi connectivity index (χ4n) is 2.62. The van der Waals surface area contributed by atoms with E-state index in [1.807, 2.05) is 49.4 Å². The molecule has 0 heterocycles. The monoisotopic (exact) mass is 403 g/mol. The molecule has 1 amide bonds. The number of aryl methyl sites for hydroxylation is 2. The van der Waals surface area contributed by atoms with Crippen LogP contribution in [-0.4, -0.2) is 19.0 Å². The van der Waals surface area contributed by atoms with E-state index in [1.165, 1.54) is 12.7 Å². The highest BCUT2D eigenvalue weighted by molar-refractivity contribution is 9.10. The van der Waals surface area contributed by atoms with Crippen LogP contribution in [0.15, 0.2) is 53.0 Å². The van der Waals surface area contributed by atoms with Gasteiger partial charge in [-0.2, -0.15) is 0 Å². The van der Waals surface area contributed by atoms with Crippen molar-refractivity contribution in [1.82, 2.24) is 5.32 Å². The van der Waals surface area contributed by atoms with E-state index in [1.54, 1.807) is 0 Å². The molecule has 2 aromatic carbocycles. The number of ether oxygens (including phenoxy) is 1. The summed E-state index contributed by atoms with van der Waals surface area (Å²) in [7, 11) is 1.35. The number of halogens is 1. The van der Waals surface area contributed by atoms with E-state index < -0.39 is 6.04 Å². The molecule has 0 saturated carbocycles. The summed E-state index contributed by atoms with van der Waals surface area (Å²) in [5, 5.41) is 2.95. The lowest BCUT2D eigenvalue weighted by molar-refractivity contribution is -0.141. The van der Waals surface area contributed by atoms with Crippen LogP contribution >= 0.6 is 15.9 Å². The highest BCUT2D eigenvalue weighted by Gasteiger charge is 2.19. The van der Waals surface area contributed by atoms with Crippen molar-refractivity contribution in [2.75, 3.05) is 7.11 Å². The first kappa shape index (κ1) is 19.2. The zero-order chi connectivity index (χ0) is 18.2. The summed E-state index contributed by atoms with van der Waals surface area (Å²) >= 11 is 3.42. The third-order valence-electron chi connectivity index (χ3n) is 3.91. The Labute approximate surface area is 156 Å². The summed E-state index contributed by atoms with van der Waals surface area (Å²) in [4.78, 5) is 24.1. The summed E-state index contributed by atoms with van der Waals surface area (Å²) in [5.74, 6) is -0.445. The van der Waals surface area contributed by atoms with E-state index in [0.29, 0.717) is 12.8 Å². The van der Waals surface area contributed by atoms with Crippen LogP contribution in [0.1, 0.15) is 35.6 Å². The van der Waals surface area contributed by atoms with Crippen LogP contribution in [-0.2, 0) is 20.7 Å². The van der Waals surface area contributed by atoms with Crippen LogP contribution in [0.2, 0.25) is 0 Å². The Bertz CT molecular complexity index is 745. The molecule has 2 rings (SSSR count). The molecule has 5 heteroatoms. The van der Waals surface area contributed by atoms with Gasteiger partial charge in [0.15, 0.2) is 0 Å². The minimum atomic E-state index is -0.407. The molecule has 0 spiro atoms. The van der Waals surface area contributed by atoms with E-state index in [0.717, 1.165) is 15.6 Å². The molecule has 1 N–H and O–H groups in total. The highest BCUT2D eigenvalue weighted by Crippen LogP contribution is 2.21. The number of amides is 1. The van der Waals surface area contributed by atoms with Crippen molar-refractivity contribution in [2.24, 2.45) is 0 Å². The smallest absolute Gasteiger partial charge is 0.307 e. The maximum Gasteiger partial charge on any atom is 0.307 e. The quantitative estimate of drug-likeness (QED) is 0.707. The Morgan fingerprint density at radius 1 is 1.16 bits per heavy atom. The van der Waals surface area contributed by atoms with Crippen molar-refractivity contribution in [3.8, 4) is 0 Å². The van der Waals surface area contributed by atoms with Gasteiger partial charge in [-0.25, -0.2) is 0 Å². The Kier molecular flexibility index (Phi) is 7.19. The van der Waals surface area contributed by atoms with Gasteiger partial charge < -0.3 is 10.1 Å². The molecule has 0 fully saturated rings. The van der Waals surface area contributed by atoms with Crippen molar-refractivity contribution in [3.63, 3.8) is 0 Å². The average molecular weight is 404 g/mol. The van der Waals surface area contributed by atoms with Crippen molar-refractivity contribution >= 4 is 27.8 Å². The molecule has 0 saturated heterocycles. The van der Waals surface area contributed by atoms with Crippen molar-refractivity contribution < 1.29 is 14.3 Å². The third-order valence-corrected chi connectivity index (χ3v) is 4.40. The third kappa shape index (κ3) is 6.35. The van der Waals surface area contributed by atoms with Gasteiger partial charge in [0.25, 0.3) is 0 Å². The molecule has 132 valence electrons. The SMILES string of the molecule is COC(=O)CC(NC(=O)CCc1cccc(C)c1)c1cccc(Br)c1. The van der Waals surface area contributed by atoms with Crippen LogP contribution in [0.4, 0.5) is 0 Å². The summed E-state index contributed by atoms with van der Waals surface area (Å²) in [6.45, 7) is 2.03. The second kappa shape index (κ2) is 9.37. The second-order valence-electron chi connectivity index (χ2n) is 5.94. The summed E-state index contributed by atoms with van der Waals surface area (Å²) in [5.41, 5.74) is 3.17. The van der Waals surface area contributed by atoms with Gasteiger partial charge in [-0.15, -0.1) is 0 Å². The van der Waals surface area contributed by atoms with Gasteiger partial charge in [0.2, 0.25) is 5.91 Å². The standard InChI is InChI=1S/C20H22BrNO3/c1-14-5-3-6-15(11-14)9-10-19(23)22-18(13-20(24)25-2)16-7-4-8-17(21)12-16/h3-8,11-12,18H,9-10,13H2,1-2H3,(H,22,23). The first-order chi connectivity index (χ1) is 12.0. The Morgan fingerprint density at radius 3 is 2.60 bits per heavy atom. The second-order valence-corrected chi connectivity index (χ2v) is 6.86. The number of carbonyl (C=O) groups is 2. The molecular formula is C20H22BrNO3. The molecule has 2 aromatic rings. The van der Waals surface area contributed by atoms with Gasteiger partial charge in [-0.05, 0) is 36.6 Å². The minimum absolute atomic E-state index is 0.0876. The molecule has 4 nitrogen and oxygen atoms in total. The fraction of sp³-hybridized carbons (Fsp3) is 0.300. The van der Waals surface area contributed by atoms with E-state index in [-0.39, 0.29) is 18.3 Å². The molecule has 0 bridgehead atoms. The number of carbonyl (C=O) groups excluding carboxylic acids is 2. The normalized spacial score (nSPS) is 11.6. The fourth-order valence-corrected chi connectivity index (χ4v) is 3.03. The van der Waals surface area contributed by atoms with E-state index >= 15 is 0 Å². The number of hydrogen-bond acceptors (Lipinski definition) is 3. The molecule has 25 heavy (non-hydrogen) atoms. The maximum absolute atomic E-state index is 12.4. The Balaban J connectivity index is 2.02. The molecule has 1 unspecified atom stereocenters. The first-order valence-corrected chi connectivity index (χ1v) is 8.94. The van der Waals surface area contributed by atoms with Crippen LogP contribution in [0.25, 0.3) is 0 Å². The van der Waals surface area contributed by atoms with Crippen LogP contribution in [0.5, 0.6) is 0 Å². The van der Waals surface area contributed by atoms with Gasteiger partial charge in [0.1, 0.15) is 0 Å². The number of esters is 1. The van der Waals surface area contributed by atoms with Gasteiger partial charge in [-0.3, -0.25) is 9.59 Å². The van der Waals surface area contributed by atoms with Crippen LogP contribution < -0.4 is 5.32 Å². The Hall–Kier alpha value is -2.14. The lowest BCUT2D eigenvalue weighted by Gasteiger charge is -2.18. The average Bonchev–Trinajstić information content (AvgIpc) is 2.59. The lowest BCUT2D eigenvalue weighted by Crippen LogP contribution is -2.30. The molecule has 0 radical (unpaired) electrons. The molecule has 1 atom stereocenters. The van der Waals surface area contributed by atoms with Gasteiger partial charge >= 0.3 is 5.97 Å². The number of nitrogens with one attached hydrogen (secondary N) is 1. The number of benzene rings is 2.